The Morgan fingerprint density at radius 2 is 1.49 bits per heavy atom. The fourth-order valence-corrected chi connectivity index (χ4v) is 5.31. The highest BCUT2D eigenvalue weighted by atomic mass is 16.5. The summed E-state index contributed by atoms with van der Waals surface area (Å²) in [6.07, 6.45) is -0.440. The predicted octanol–water partition coefficient (Wildman–Crippen LogP) is 6.09. The molecule has 5 rings (SSSR count). The third-order valence-electron chi connectivity index (χ3n) is 7.46. The average molecular weight is 520 g/mol. The van der Waals surface area contributed by atoms with Crippen LogP contribution in [0.5, 0.6) is 5.75 Å². The number of ether oxygens (including phenoxy) is 2. The summed E-state index contributed by atoms with van der Waals surface area (Å²) in [7, 11) is 5.86. The maximum atomic E-state index is 6.76. The van der Waals surface area contributed by atoms with Crippen molar-refractivity contribution in [3.05, 3.63) is 112 Å². The largest absolute Gasteiger partial charge is 0.497 e. The molecule has 0 aromatic heterocycles. The zero-order valence-electron chi connectivity index (χ0n) is 23.7. The van der Waals surface area contributed by atoms with Crippen LogP contribution < -0.4 is 25.1 Å². The summed E-state index contributed by atoms with van der Waals surface area (Å²) in [6.45, 7) is 8.49. The van der Waals surface area contributed by atoms with Crippen LogP contribution in [0.1, 0.15) is 36.8 Å². The van der Waals surface area contributed by atoms with Crippen molar-refractivity contribution in [2.75, 3.05) is 44.1 Å². The number of anilines is 2. The highest BCUT2D eigenvalue weighted by Crippen LogP contribution is 2.32. The van der Waals surface area contributed by atoms with Crippen LogP contribution >= 0.6 is 0 Å². The minimum atomic E-state index is -0.440. The Morgan fingerprint density at radius 1 is 0.846 bits per heavy atom. The molecule has 0 N–H and O–H groups in total. The predicted molar refractivity (Wildman–Crippen MR) is 161 cm³/mol. The molecule has 1 unspecified atom stereocenters. The quantitative estimate of drug-likeness (QED) is 0.282. The minimum absolute atomic E-state index is 0.440. The summed E-state index contributed by atoms with van der Waals surface area (Å²) >= 11 is 0. The molecule has 39 heavy (non-hydrogen) atoms. The Labute approximate surface area is 231 Å². The molecule has 4 aromatic rings. The van der Waals surface area contributed by atoms with Gasteiger partial charge in [-0.3, -0.25) is 0 Å². The summed E-state index contributed by atoms with van der Waals surface area (Å²) < 4.78 is 12.2. The first-order valence-electron chi connectivity index (χ1n) is 13.6. The van der Waals surface area contributed by atoms with Gasteiger partial charge < -0.3 is 19.3 Å². The van der Waals surface area contributed by atoms with Gasteiger partial charge in [0.25, 0.3) is 0 Å². The molecule has 5 heteroatoms. The molecule has 5 nitrogen and oxygen atoms in total. The summed E-state index contributed by atoms with van der Waals surface area (Å²) in [5.41, 5.74) is 7.75. The SMILES string of the molecule is CCN(CC)c1ccc(-c2cc(N(C)C)c(C)c3c2=C(c2ccc(OC)cc2)OC(c2ccccc2)N=3)cc1. The van der Waals surface area contributed by atoms with Gasteiger partial charge in [-0.15, -0.1) is 0 Å². The lowest BCUT2D eigenvalue weighted by atomic mass is 9.95. The van der Waals surface area contributed by atoms with E-state index in [-0.39, 0.29) is 0 Å². The lowest BCUT2D eigenvalue weighted by molar-refractivity contribution is 0.166. The van der Waals surface area contributed by atoms with Crippen LogP contribution in [0.2, 0.25) is 0 Å². The van der Waals surface area contributed by atoms with Crippen molar-refractivity contribution in [3.63, 3.8) is 0 Å². The maximum Gasteiger partial charge on any atom is 0.216 e. The second-order valence-electron chi connectivity index (χ2n) is 9.97. The van der Waals surface area contributed by atoms with E-state index in [4.69, 9.17) is 14.5 Å². The number of benzene rings is 4. The highest BCUT2D eigenvalue weighted by Gasteiger charge is 2.24. The topological polar surface area (TPSA) is 37.3 Å². The van der Waals surface area contributed by atoms with E-state index in [0.29, 0.717) is 0 Å². The number of hydrogen-bond acceptors (Lipinski definition) is 5. The van der Waals surface area contributed by atoms with Crippen molar-refractivity contribution in [2.24, 2.45) is 4.99 Å². The van der Waals surface area contributed by atoms with Gasteiger partial charge in [0.15, 0.2) is 0 Å². The number of rotatable bonds is 8. The zero-order valence-corrected chi connectivity index (χ0v) is 23.7. The first-order valence-corrected chi connectivity index (χ1v) is 13.6. The van der Waals surface area contributed by atoms with Gasteiger partial charge >= 0.3 is 0 Å². The Morgan fingerprint density at radius 3 is 2.08 bits per heavy atom. The molecule has 0 spiro atoms. The third kappa shape index (κ3) is 5.09. The van der Waals surface area contributed by atoms with E-state index >= 15 is 0 Å². The monoisotopic (exact) mass is 519 g/mol. The molecule has 0 saturated heterocycles. The molecule has 1 aliphatic heterocycles. The Bertz CT molecular complexity index is 1560. The maximum absolute atomic E-state index is 6.76. The molecule has 1 aliphatic rings. The van der Waals surface area contributed by atoms with E-state index in [1.54, 1.807) is 7.11 Å². The van der Waals surface area contributed by atoms with Gasteiger partial charge in [-0.25, -0.2) is 4.99 Å². The average Bonchev–Trinajstić information content (AvgIpc) is 2.98. The summed E-state index contributed by atoms with van der Waals surface area (Å²) in [5, 5.41) is 1.99. The van der Waals surface area contributed by atoms with Crippen molar-refractivity contribution >= 4 is 17.1 Å². The van der Waals surface area contributed by atoms with E-state index in [2.05, 4.69) is 99.3 Å². The second kappa shape index (κ2) is 11.2. The second-order valence-corrected chi connectivity index (χ2v) is 9.97. The van der Waals surface area contributed by atoms with Crippen LogP contribution in [0.3, 0.4) is 0 Å². The first-order chi connectivity index (χ1) is 18.9. The molecule has 1 heterocycles. The van der Waals surface area contributed by atoms with Crippen LogP contribution in [0.15, 0.2) is 89.9 Å². The van der Waals surface area contributed by atoms with Crippen molar-refractivity contribution in [1.29, 1.82) is 0 Å². The van der Waals surface area contributed by atoms with Gasteiger partial charge in [0.2, 0.25) is 6.23 Å². The van der Waals surface area contributed by atoms with E-state index in [0.717, 1.165) is 68.7 Å². The van der Waals surface area contributed by atoms with Crippen LogP contribution in [0, 0.1) is 6.92 Å². The molecule has 0 radical (unpaired) electrons. The number of fused-ring (bicyclic) bond motifs is 1. The molecule has 0 fully saturated rings. The molecule has 0 amide bonds. The van der Waals surface area contributed by atoms with E-state index in [9.17, 15) is 0 Å². The molecule has 1 atom stereocenters. The summed E-state index contributed by atoms with van der Waals surface area (Å²) in [4.78, 5) is 9.75. The third-order valence-corrected chi connectivity index (χ3v) is 7.46. The minimum Gasteiger partial charge on any atom is -0.497 e. The van der Waals surface area contributed by atoms with Crippen LogP contribution in [-0.4, -0.2) is 34.3 Å². The van der Waals surface area contributed by atoms with Crippen LogP contribution in [-0.2, 0) is 4.74 Å². The molecule has 4 aromatic carbocycles. The van der Waals surface area contributed by atoms with Crippen molar-refractivity contribution in [3.8, 4) is 16.9 Å². The summed E-state index contributed by atoms with van der Waals surface area (Å²) in [5.74, 6) is 1.64. The van der Waals surface area contributed by atoms with Crippen LogP contribution in [0.4, 0.5) is 11.4 Å². The normalized spacial score (nSPS) is 14.2. The molecule has 0 aliphatic carbocycles. The fraction of sp³-hybridized carbons (Fsp3) is 0.265. The molecule has 200 valence electrons. The number of hydrogen-bond donors (Lipinski definition) is 0. The highest BCUT2D eigenvalue weighted by molar-refractivity contribution is 5.77. The van der Waals surface area contributed by atoms with Gasteiger partial charge in [0.1, 0.15) is 11.5 Å². The van der Waals surface area contributed by atoms with E-state index in [1.807, 2.05) is 30.3 Å². The zero-order chi connectivity index (χ0) is 27.5. The fourth-order valence-electron chi connectivity index (χ4n) is 5.31. The molecular formula is C34H37N3O2. The molecule has 0 bridgehead atoms. The Balaban J connectivity index is 1.82. The lowest BCUT2D eigenvalue weighted by Crippen LogP contribution is -2.38. The van der Waals surface area contributed by atoms with Gasteiger partial charge in [0.05, 0.1) is 17.7 Å². The van der Waals surface area contributed by atoms with Gasteiger partial charge in [-0.1, -0.05) is 42.5 Å². The standard InChI is InChI=1S/C34H37N3O2/c1-7-37(8-2)27-18-14-24(15-19-27)29-22-30(36(4)5)23(3)32-31(29)33(25-16-20-28(38-6)21-17-25)39-34(35-32)26-12-10-9-11-13-26/h9-22,34H,7-8H2,1-6H3. The first kappa shape index (κ1) is 26.4. The van der Waals surface area contributed by atoms with Crippen molar-refractivity contribution in [1.82, 2.24) is 0 Å². The molecular weight excluding hydrogens is 482 g/mol. The van der Waals surface area contributed by atoms with Crippen molar-refractivity contribution in [2.45, 2.75) is 27.0 Å². The lowest BCUT2D eigenvalue weighted by Gasteiger charge is -2.26. The Kier molecular flexibility index (Phi) is 7.60. The van der Waals surface area contributed by atoms with E-state index in [1.165, 1.54) is 5.69 Å². The molecule has 0 saturated carbocycles. The number of nitrogens with zero attached hydrogens (tertiary/aromatic N) is 3. The summed E-state index contributed by atoms with van der Waals surface area (Å²) in [6, 6.07) is 29.4. The van der Waals surface area contributed by atoms with Crippen LogP contribution in [0.25, 0.3) is 16.9 Å². The van der Waals surface area contributed by atoms with Crippen molar-refractivity contribution < 1.29 is 9.47 Å². The van der Waals surface area contributed by atoms with Gasteiger partial charge in [-0.2, -0.15) is 0 Å². The smallest absolute Gasteiger partial charge is 0.216 e. The van der Waals surface area contributed by atoms with Gasteiger partial charge in [0, 0.05) is 49.7 Å². The Hall–Kier alpha value is -4.25. The van der Waals surface area contributed by atoms with Gasteiger partial charge in [-0.05, 0) is 79.9 Å². The number of methoxy groups -OCH3 is 1. The van der Waals surface area contributed by atoms with E-state index < -0.39 is 6.23 Å².